The van der Waals surface area contributed by atoms with Crippen LogP contribution in [0.4, 0.5) is 4.79 Å². The molecule has 1 fully saturated rings. The van der Waals surface area contributed by atoms with Crippen molar-refractivity contribution < 1.29 is 19.2 Å². The topological polar surface area (TPSA) is 97.5 Å². The summed E-state index contributed by atoms with van der Waals surface area (Å²) < 4.78 is 10.3. The van der Waals surface area contributed by atoms with Crippen LogP contribution in [0.5, 0.6) is 5.75 Å². The summed E-state index contributed by atoms with van der Waals surface area (Å²) in [4.78, 5) is 15.7. The predicted molar refractivity (Wildman–Crippen MR) is 107 cm³/mol. The van der Waals surface area contributed by atoms with Crippen LogP contribution >= 0.6 is 0 Å². The van der Waals surface area contributed by atoms with Gasteiger partial charge in [-0.25, -0.2) is 9.78 Å². The standard InChI is InChI=1S/C15H19N3O4.C6H12/c1-3-4-7-21-15(20)17-9-12-10(2)18-22-14(12)13-6-5-11(19)8-16-13;1-2-4-6-5-3-1/h5-6,8,19H,3-4,7,9H2,1-2H3,(H,17,20);1-6H2. The Hall–Kier alpha value is -2.57. The second-order valence-corrected chi connectivity index (χ2v) is 6.94. The summed E-state index contributed by atoms with van der Waals surface area (Å²) >= 11 is 0. The zero-order valence-electron chi connectivity index (χ0n) is 16.9. The van der Waals surface area contributed by atoms with Gasteiger partial charge in [0.1, 0.15) is 11.4 Å². The van der Waals surface area contributed by atoms with E-state index in [0.29, 0.717) is 23.8 Å². The molecule has 7 heteroatoms. The van der Waals surface area contributed by atoms with E-state index < -0.39 is 6.09 Å². The number of aromatic nitrogens is 2. The first kappa shape index (κ1) is 21.7. The molecule has 2 heterocycles. The Balaban J connectivity index is 0.000000397. The lowest BCUT2D eigenvalue weighted by Crippen LogP contribution is -2.24. The molecule has 28 heavy (non-hydrogen) atoms. The monoisotopic (exact) mass is 389 g/mol. The number of ether oxygens (including phenoxy) is 1. The highest BCUT2D eigenvalue weighted by molar-refractivity contribution is 5.68. The van der Waals surface area contributed by atoms with Crippen molar-refractivity contribution in [1.29, 1.82) is 0 Å². The van der Waals surface area contributed by atoms with E-state index in [1.807, 2.05) is 6.92 Å². The summed E-state index contributed by atoms with van der Waals surface area (Å²) in [5.74, 6) is 0.533. The summed E-state index contributed by atoms with van der Waals surface area (Å²) in [6.07, 6.45) is 11.7. The summed E-state index contributed by atoms with van der Waals surface area (Å²) in [5, 5.41) is 15.8. The van der Waals surface area contributed by atoms with Crippen molar-refractivity contribution in [3.05, 3.63) is 29.6 Å². The van der Waals surface area contributed by atoms with E-state index in [0.717, 1.165) is 18.4 Å². The first-order chi connectivity index (χ1) is 13.6. The predicted octanol–water partition coefficient (Wildman–Crippen LogP) is 5.12. The molecule has 1 amide bonds. The van der Waals surface area contributed by atoms with Crippen LogP contribution in [0.3, 0.4) is 0 Å². The maximum atomic E-state index is 11.6. The first-order valence-corrected chi connectivity index (χ1v) is 10.1. The molecule has 0 aromatic carbocycles. The van der Waals surface area contributed by atoms with E-state index in [9.17, 15) is 9.90 Å². The molecule has 0 aliphatic heterocycles. The van der Waals surface area contributed by atoms with Crippen molar-refractivity contribution >= 4 is 6.09 Å². The number of unbranched alkanes of at least 4 members (excludes halogenated alkanes) is 1. The fraction of sp³-hybridized carbons (Fsp3) is 0.571. The molecule has 2 aromatic heterocycles. The van der Waals surface area contributed by atoms with Crippen LogP contribution < -0.4 is 5.32 Å². The van der Waals surface area contributed by atoms with E-state index >= 15 is 0 Å². The summed E-state index contributed by atoms with van der Waals surface area (Å²) in [7, 11) is 0. The van der Waals surface area contributed by atoms with Gasteiger partial charge in [0.2, 0.25) is 0 Å². The van der Waals surface area contributed by atoms with Crippen molar-refractivity contribution in [2.45, 2.75) is 71.8 Å². The quantitative estimate of drug-likeness (QED) is 0.666. The van der Waals surface area contributed by atoms with Crippen LogP contribution in [-0.4, -0.2) is 27.9 Å². The molecule has 0 radical (unpaired) electrons. The number of aromatic hydroxyl groups is 1. The van der Waals surface area contributed by atoms with Gasteiger partial charge in [-0.1, -0.05) is 57.0 Å². The molecule has 1 aliphatic rings. The van der Waals surface area contributed by atoms with E-state index in [1.54, 1.807) is 13.0 Å². The average molecular weight is 389 g/mol. The Bertz CT molecular complexity index is 697. The second-order valence-electron chi connectivity index (χ2n) is 6.94. The van der Waals surface area contributed by atoms with Crippen LogP contribution in [0, 0.1) is 6.92 Å². The molecule has 0 atom stereocenters. The smallest absolute Gasteiger partial charge is 0.407 e. The Morgan fingerprint density at radius 3 is 2.46 bits per heavy atom. The summed E-state index contributed by atoms with van der Waals surface area (Å²) in [5.41, 5.74) is 1.93. The van der Waals surface area contributed by atoms with Gasteiger partial charge in [0.15, 0.2) is 5.76 Å². The van der Waals surface area contributed by atoms with Crippen molar-refractivity contribution in [3.8, 4) is 17.2 Å². The van der Waals surface area contributed by atoms with Gasteiger partial charge in [0.05, 0.1) is 25.0 Å². The van der Waals surface area contributed by atoms with E-state index in [2.05, 4.69) is 15.5 Å². The van der Waals surface area contributed by atoms with E-state index in [1.165, 1.54) is 50.8 Å². The molecule has 0 unspecified atom stereocenters. The minimum absolute atomic E-state index is 0.0687. The number of carbonyl (C=O) groups is 1. The molecule has 0 bridgehead atoms. The zero-order valence-corrected chi connectivity index (χ0v) is 16.9. The van der Waals surface area contributed by atoms with Gasteiger partial charge in [-0.05, 0) is 25.5 Å². The molecule has 0 saturated heterocycles. The lowest BCUT2D eigenvalue weighted by Gasteiger charge is -2.06. The third-order valence-electron chi connectivity index (χ3n) is 4.61. The van der Waals surface area contributed by atoms with Crippen LogP contribution in [0.25, 0.3) is 11.5 Å². The maximum Gasteiger partial charge on any atom is 0.407 e. The van der Waals surface area contributed by atoms with Gasteiger partial charge in [-0.15, -0.1) is 0 Å². The molecule has 2 N–H and O–H groups in total. The minimum Gasteiger partial charge on any atom is -0.506 e. The largest absolute Gasteiger partial charge is 0.506 e. The van der Waals surface area contributed by atoms with Crippen LogP contribution in [0.15, 0.2) is 22.9 Å². The van der Waals surface area contributed by atoms with Crippen molar-refractivity contribution in [3.63, 3.8) is 0 Å². The maximum absolute atomic E-state index is 11.6. The fourth-order valence-electron chi connectivity index (χ4n) is 2.90. The van der Waals surface area contributed by atoms with E-state index in [-0.39, 0.29) is 12.3 Å². The Morgan fingerprint density at radius 1 is 1.21 bits per heavy atom. The minimum atomic E-state index is -0.473. The van der Waals surface area contributed by atoms with Crippen LogP contribution in [0.2, 0.25) is 0 Å². The number of nitrogens with one attached hydrogen (secondary N) is 1. The molecule has 1 saturated carbocycles. The molecular weight excluding hydrogens is 358 g/mol. The van der Waals surface area contributed by atoms with Gasteiger partial charge in [0.25, 0.3) is 0 Å². The number of nitrogens with zero attached hydrogens (tertiary/aromatic N) is 2. The Morgan fingerprint density at radius 2 is 1.89 bits per heavy atom. The number of amides is 1. The number of alkyl carbamates (subject to hydrolysis) is 1. The lowest BCUT2D eigenvalue weighted by atomic mass is 10.0. The van der Waals surface area contributed by atoms with Crippen LogP contribution in [-0.2, 0) is 11.3 Å². The van der Waals surface area contributed by atoms with Gasteiger partial charge in [0, 0.05) is 5.56 Å². The molecule has 7 nitrogen and oxygen atoms in total. The third-order valence-corrected chi connectivity index (χ3v) is 4.61. The van der Waals surface area contributed by atoms with Crippen molar-refractivity contribution in [1.82, 2.24) is 15.5 Å². The molecule has 0 spiro atoms. The number of carbonyl (C=O) groups excluding carboxylic acids is 1. The number of pyridine rings is 1. The second kappa shape index (κ2) is 12.0. The molecule has 154 valence electrons. The molecule has 3 rings (SSSR count). The SMILES string of the molecule is C1CCCCC1.CCCCOC(=O)NCc1c(C)noc1-c1ccc(O)cn1. The Labute approximate surface area is 166 Å². The third kappa shape index (κ3) is 7.21. The molecular formula is C21H31N3O4. The first-order valence-electron chi connectivity index (χ1n) is 10.1. The highest BCUT2D eigenvalue weighted by atomic mass is 16.5. The van der Waals surface area contributed by atoms with Crippen LogP contribution in [0.1, 0.15) is 69.5 Å². The van der Waals surface area contributed by atoms with E-state index in [4.69, 9.17) is 9.26 Å². The van der Waals surface area contributed by atoms with Gasteiger partial charge >= 0.3 is 6.09 Å². The number of hydrogen-bond acceptors (Lipinski definition) is 6. The summed E-state index contributed by atoms with van der Waals surface area (Å²) in [6.45, 7) is 4.45. The zero-order chi connectivity index (χ0) is 20.2. The Kier molecular flexibility index (Phi) is 9.31. The summed E-state index contributed by atoms with van der Waals surface area (Å²) in [6, 6.07) is 3.13. The highest BCUT2D eigenvalue weighted by Crippen LogP contribution is 2.25. The molecule has 2 aromatic rings. The molecule has 1 aliphatic carbocycles. The highest BCUT2D eigenvalue weighted by Gasteiger charge is 2.17. The number of hydrogen-bond donors (Lipinski definition) is 2. The van der Waals surface area contributed by atoms with Gasteiger partial charge in [-0.3, -0.25) is 0 Å². The lowest BCUT2D eigenvalue weighted by molar-refractivity contribution is 0.144. The number of aryl methyl sites for hydroxylation is 1. The normalized spacial score (nSPS) is 13.4. The van der Waals surface area contributed by atoms with Gasteiger partial charge < -0.3 is 19.7 Å². The van der Waals surface area contributed by atoms with Crippen molar-refractivity contribution in [2.24, 2.45) is 0 Å². The fourth-order valence-corrected chi connectivity index (χ4v) is 2.90. The van der Waals surface area contributed by atoms with Crippen molar-refractivity contribution in [2.75, 3.05) is 6.61 Å². The number of rotatable bonds is 6. The average Bonchev–Trinajstić information content (AvgIpc) is 3.09. The van der Waals surface area contributed by atoms with Gasteiger partial charge in [-0.2, -0.15) is 0 Å².